The first-order valence-electron chi connectivity index (χ1n) is 11.0. The lowest BCUT2D eigenvalue weighted by Gasteiger charge is -2.28. The molecule has 1 saturated heterocycles. The third-order valence-corrected chi connectivity index (χ3v) is 7.03. The predicted octanol–water partition coefficient (Wildman–Crippen LogP) is 5.98. The van der Waals surface area contributed by atoms with Crippen molar-refractivity contribution in [2.75, 3.05) is 13.2 Å². The number of rotatable bonds is 6. The minimum Gasteiger partial charge on any atom is -0.493 e. The van der Waals surface area contributed by atoms with E-state index in [0.717, 1.165) is 41.0 Å². The first kappa shape index (κ1) is 22.6. The summed E-state index contributed by atoms with van der Waals surface area (Å²) in [4.78, 5) is 18.0. The van der Waals surface area contributed by atoms with E-state index in [2.05, 4.69) is 16.4 Å². The van der Waals surface area contributed by atoms with Crippen LogP contribution in [0.2, 0.25) is 0 Å². The van der Waals surface area contributed by atoms with Crippen LogP contribution in [0.15, 0.2) is 48.0 Å². The van der Waals surface area contributed by atoms with Crippen LogP contribution in [0.5, 0.6) is 5.75 Å². The second-order valence-corrected chi connectivity index (χ2v) is 9.84. The normalized spacial score (nSPS) is 21.2. The fourth-order valence-electron chi connectivity index (χ4n) is 4.28. The summed E-state index contributed by atoms with van der Waals surface area (Å²) in [5.74, 6) is 0.867. The number of ketones is 1. The zero-order valence-electron chi connectivity index (χ0n) is 18.8. The monoisotopic (exact) mass is 452 g/mol. The molecule has 1 N–H and O–H groups in total. The molecule has 6 heteroatoms. The number of Topliss-reactive ketones (excluding diaryl/α,β-unsaturated/α-hetero) is 1. The number of aromatic nitrogens is 1. The summed E-state index contributed by atoms with van der Waals surface area (Å²) in [6, 6.07) is 10.8. The first-order valence-corrected chi connectivity index (χ1v) is 11.9. The Bertz CT molecular complexity index is 1100. The summed E-state index contributed by atoms with van der Waals surface area (Å²) >= 11 is 1.58. The number of thiazole rings is 1. The van der Waals surface area contributed by atoms with Gasteiger partial charge in [0.05, 0.1) is 12.1 Å². The molecule has 0 saturated carbocycles. The average molecular weight is 453 g/mol. The fraction of sp³-hybridized carbons (Fsp3) is 0.385. The molecule has 2 atom stereocenters. The molecule has 2 heterocycles. The Labute approximate surface area is 192 Å². The van der Waals surface area contributed by atoms with Gasteiger partial charge >= 0.3 is 0 Å². The molecule has 1 fully saturated rings. The zero-order valence-corrected chi connectivity index (χ0v) is 19.6. The van der Waals surface area contributed by atoms with Crippen LogP contribution in [0.4, 0.5) is 4.39 Å². The minimum absolute atomic E-state index is 0.120. The van der Waals surface area contributed by atoms with Crippen LogP contribution in [0.25, 0.3) is 10.6 Å². The van der Waals surface area contributed by atoms with Crippen LogP contribution in [-0.4, -0.2) is 29.5 Å². The van der Waals surface area contributed by atoms with Gasteiger partial charge in [-0.05, 0) is 81.1 Å². The minimum atomic E-state index is -0.616. The number of aryl methyl sites for hydroxylation is 2. The lowest BCUT2D eigenvalue weighted by Crippen LogP contribution is -2.50. The molecule has 2 aromatic carbocycles. The average Bonchev–Trinajstić information content (AvgIpc) is 3.24. The number of ether oxygens (including phenoxy) is 1. The second kappa shape index (κ2) is 9.51. The standard InChI is InChI=1S/C26H29FN2O2S/c1-17-11-20(14-21(12-17)25-28-9-10-32-25)24(30)26(3)8-4-5-19(15-29-26)16-31-22-6-7-23(27)18(2)13-22/h6-7,9-14,19,29H,4-5,8,15-16H2,1-3H3. The number of hydrogen-bond acceptors (Lipinski definition) is 5. The molecule has 2 unspecified atom stereocenters. The van der Waals surface area contributed by atoms with Gasteiger partial charge < -0.3 is 10.1 Å². The van der Waals surface area contributed by atoms with Gasteiger partial charge in [-0.25, -0.2) is 9.37 Å². The highest BCUT2D eigenvalue weighted by atomic mass is 32.1. The molecule has 3 aromatic rings. The van der Waals surface area contributed by atoms with E-state index in [1.807, 2.05) is 31.4 Å². The first-order chi connectivity index (χ1) is 15.3. The van der Waals surface area contributed by atoms with Crippen LogP contribution < -0.4 is 10.1 Å². The molecular weight excluding hydrogens is 423 g/mol. The SMILES string of the molecule is Cc1cc(C(=O)C2(C)CCCC(COc3ccc(F)c(C)c3)CN2)cc(-c2nccs2)c1. The van der Waals surface area contributed by atoms with Gasteiger partial charge in [-0.15, -0.1) is 11.3 Å². The van der Waals surface area contributed by atoms with Gasteiger partial charge in [0.15, 0.2) is 5.78 Å². The Kier molecular flexibility index (Phi) is 6.72. The van der Waals surface area contributed by atoms with E-state index in [-0.39, 0.29) is 11.6 Å². The Morgan fingerprint density at radius 1 is 1.28 bits per heavy atom. The summed E-state index contributed by atoms with van der Waals surface area (Å²) in [6.07, 6.45) is 4.48. The summed E-state index contributed by atoms with van der Waals surface area (Å²) in [5.41, 5.74) is 2.73. The van der Waals surface area contributed by atoms with Crippen molar-refractivity contribution in [1.82, 2.24) is 10.3 Å². The van der Waals surface area contributed by atoms with Crippen LogP contribution in [0.1, 0.15) is 47.7 Å². The number of benzene rings is 2. The lowest BCUT2D eigenvalue weighted by atomic mass is 9.86. The molecule has 0 radical (unpaired) electrons. The van der Waals surface area contributed by atoms with Crippen molar-refractivity contribution in [2.24, 2.45) is 5.92 Å². The largest absolute Gasteiger partial charge is 0.493 e. The van der Waals surface area contributed by atoms with Crippen LogP contribution in [-0.2, 0) is 0 Å². The molecule has 0 amide bonds. The van der Waals surface area contributed by atoms with Gasteiger partial charge in [-0.2, -0.15) is 0 Å². The molecule has 0 aliphatic carbocycles. The third-order valence-electron chi connectivity index (χ3n) is 6.21. The van der Waals surface area contributed by atoms with Gasteiger partial charge in [0.25, 0.3) is 0 Å². The molecule has 0 bridgehead atoms. The van der Waals surface area contributed by atoms with Gasteiger partial charge in [-0.1, -0.05) is 6.42 Å². The summed E-state index contributed by atoms with van der Waals surface area (Å²) in [5, 5.41) is 6.41. The molecule has 4 nitrogen and oxygen atoms in total. The predicted molar refractivity (Wildman–Crippen MR) is 127 cm³/mol. The number of hydrogen-bond donors (Lipinski definition) is 1. The number of halogens is 1. The number of nitrogens with zero attached hydrogens (tertiary/aromatic N) is 1. The molecule has 1 aliphatic heterocycles. The second-order valence-electron chi connectivity index (χ2n) is 8.95. The Morgan fingerprint density at radius 3 is 2.88 bits per heavy atom. The van der Waals surface area contributed by atoms with E-state index in [0.29, 0.717) is 30.4 Å². The fourth-order valence-corrected chi connectivity index (χ4v) is 4.91. The van der Waals surface area contributed by atoms with Crippen LogP contribution in [0, 0.1) is 25.6 Å². The Morgan fingerprint density at radius 2 is 2.12 bits per heavy atom. The number of carbonyl (C=O) groups is 1. The van der Waals surface area contributed by atoms with Crippen molar-refractivity contribution < 1.29 is 13.9 Å². The van der Waals surface area contributed by atoms with Gasteiger partial charge in [0.2, 0.25) is 0 Å². The van der Waals surface area contributed by atoms with E-state index in [1.54, 1.807) is 36.6 Å². The van der Waals surface area contributed by atoms with Gasteiger partial charge in [0, 0.05) is 35.2 Å². The van der Waals surface area contributed by atoms with Crippen molar-refractivity contribution in [2.45, 2.75) is 45.6 Å². The summed E-state index contributed by atoms with van der Waals surface area (Å²) in [7, 11) is 0. The molecule has 0 spiro atoms. The van der Waals surface area contributed by atoms with Gasteiger partial charge in [0.1, 0.15) is 16.6 Å². The van der Waals surface area contributed by atoms with Crippen molar-refractivity contribution in [1.29, 1.82) is 0 Å². The molecular formula is C26H29FN2O2S. The zero-order chi connectivity index (χ0) is 22.7. The van der Waals surface area contributed by atoms with Crippen molar-refractivity contribution in [3.63, 3.8) is 0 Å². The molecule has 1 aromatic heterocycles. The highest BCUT2D eigenvalue weighted by Crippen LogP contribution is 2.29. The molecule has 4 rings (SSSR count). The van der Waals surface area contributed by atoms with E-state index in [4.69, 9.17) is 4.74 Å². The molecule has 32 heavy (non-hydrogen) atoms. The maximum absolute atomic E-state index is 13.6. The van der Waals surface area contributed by atoms with Gasteiger partial charge in [-0.3, -0.25) is 4.79 Å². The van der Waals surface area contributed by atoms with E-state index in [9.17, 15) is 9.18 Å². The number of carbonyl (C=O) groups excluding carboxylic acids is 1. The maximum atomic E-state index is 13.6. The number of nitrogens with one attached hydrogen (secondary N) is 1. The molecule has 1 aliphatic rings. The Hall–Kier alpha value is -2.57. The quantitative estimate of drug-likeness (QED) is 0.468. The Balaban J connectivity index is 1.43. The van der Waals surface area contributed by atoms with Crippen molar-refractivity contribution in [3.8, 4) is 16.3 Å². The lowest BCUT2D eigenvalue weighted by molar-refractivity contribution is 0.0859. The topological polar surface area (TPSA) is 51.2 Å². The van der Waals surface area contributed by atoms with Crippen LogP contribution >= 0.6 is 11.3 Å². The van der Waals surface area contributed by atoms with E-state index in [1.165, 1.54) is 6.07 Å². The van der Waals surface area contributed by atoms with Crippen molar-refractivity contribution >= 4 is 17.1 Å². The molecule has 168 valence electrons. The van der Waals surface area contributed by atoms with E-state index >= 15 is 0 Å². The summed E-state index contributed by atoms with van der Waals surface area (Å²) in [6.45, 7) is 7.00. The highest BCUT2D eigenvalue weighted by Gasteiger charge is 2.36. The van der Waals surface area contributed by atoms with E-state index < -0.39 is 5.54 Å². The smallest absolute Gasteiger partial charge is 0.182 e. The summed E-state index contributed by atoms with van der Waals surface area (Å²) < 4.78 is 19.4. The van der Waals surface area contributed by atoms with Crippen molar-refractivity contribution in [3.05, 3.63) is 70.5 Å². The highest BCUT2D eigenvalue weighted by molar-refractivity contribution is 7.13. The van der Waals surface area contributed by atoms with Crippen LogP contribution in [0.3, 0.4) is 0 Å². The maximum Gasteiger partial charge on any atom is 0.182 e. The third kappa shape index (κ3) is 5.08.